The van der Waals surface area contributed by atoms with Gasteiger partial charge in [-0.05, 0) is 31.0 Å². The van der Waals surface area contributed by atoms with Crippen molar-refractivity contribution in [1.82, 2.24) is 5.32 Å². The number of carbonyl (C=O) groups is 2. The van der Waals surface area contributed by atoms with Crippen LogP contribution in [-0.4, -0.2) is 44.6 Å². The summed E-state index contributed by atoms with van der Waals surface area (Å²) in [5, 5.41) is 5.98. The van der Waals surface area contributed by atoms with Gasteiger partial charge in [0.1, 0.15) is 9.84 Å². The minimum Gasteiger partial charge on any atom is -0.469 e. The maximum atomic E-state index is 12.4. The molecular formula is C15H18Cl2N2O5S. The van der Waals surface area contributed by atoms with Gasteiger partial charge < -0.3 is 15.4 Å². The van der Waals surface area contributed by atoms with E-state index in [-0.39, 0.29) is 30.8 Å². The van der Waals surface area contributed by atoms with E-state index in [0.717, 1.165) is 0 Å². The van der Waals surface area contributed by atoms with Crippen molar-refractivity contribution in [3.63, 3.8) is 0 Å². The van der Waals surface area contributed by atoms with E-state index in [1.54, 1.807) is 6.07 Å². The number of urea groups is 1. The van der Waals surface area contributed by atoms with Crippen LogP contribution >= 0.6 is 23.2 Å². The van der Waals surface area contributed by atoms with Crippen LogP contribution in [0.1, 0.15) is 19.3 Å². The van der Waals surface area contributed by atoms with Crippen molar-refractivity contribution in [2.24, 2.45) is 0 Å². The molecule has 1 fully saturated rings. The average molecular weight is 409 g/mol. The Labute approximate surface area is 155 Å². The van der Waals surface area contributed by atoms with Crippen molar-refractivity contribution in [2.75, 3.05) is 23.9 Å². The fourth-order valence-corrected chi connectivity index (χ4v) is 4.56. The van der Waals surface area contributed by atoms with Crippen LogP contribution in [-0.2, 0) is 19.4 Å². The topological polar surface area (TPSA) is 102 Å². The second-order valence-electron chi connectivity index (χ2n) is 5.89. The molecule has 2 rings (SSSR count). The van der Waals surface area contributed by atoms with Crippen LogP contribution in [0.25, 0.3) is 0 Å². The predicted octanol–water partition coefficient (Wildman–Crippen LogP) is 2.63. The number of anilines is 1. The highest BCUT2D eigenvalue weighted by Gasteiger charge is 2.40. The van der Waals surface area contributed by atoms with E-state index < -0.39 is 27.4 Å². The van der Waals surface area contributed by atoms with Crippen molar-refractivity contribution >= 4 is 50.7 Å². The molecule has 138 valence electrons. The van der Waals surface area contributed by atoms with E-state index >= 15 is 0 Å². The summed E-state index contributed by atoms with van der Waals surface area (Å²) < 4.78 is 28.0. The molecular weight excluding hydrogens is 391 g/mol. The first-order valence-electron chi connectivity index (χ1n) is 7.46. The third kappa shape index (κ3) is 5.49. The zero-order chi connectivity index (χ0) is 18.7. The normalized spacial score (nSPS) is 18.2. The molecule has 1 heterocycles. The van der Waals surface area contributed by atoms with Gasteiger partial charge in [-0.25, -0.2) is 13.2 Å². The van der Waals surface area contributed by atoms with Crippen LogP contribution in [0.3, 0.4) is 0 Å². The SMILES string of the molecule is COC(=O)CC1(NC(=O)Nc2cc(Cl)ccc2Cl)CCS(=O)(=O)CC1. The van der Waals surface area contributed by atoms with Gasteiger partial charge in [0.2, 0.25) is 0 Å². The van der Waals surface area contributed by atoms with Crippen molar-refractivity contribution in [1.29, 1.82) is 0 Å². The van der Waals surface area contributed by atoms with Gasteiger partial charge in [0.15, 0.2) is 0 Å². The number of halogens is 2. The summed E-state index contributed by atoms with van der Waals surface area (Å²) in [5.74, 6) is -0.745. The maximum absolute atomic E-state index is 12.4. The minimum atomic E-state index is -3.17. The lowest BCUT2D eigenvalue weighted by atomic mass is 9.88. The number of carbonyl (C=O) groups excluding carboxylic acids is 2. The van der Waals surface area contributed by atoms with E-state index in [0.29, 0.717) is 15.7 Å². The molecule has 2 amide bonds. The zero-order valence-corrected chi connectivity index (χ0v) is 15.8. The standard InChI is InChI=1S/C15H18Cl2N2O5S/c1-24-13(20)9-15(4-6-25(22,23)7-5-15)19-14(21)18-12-8-10(16)2-3-11(12)17/h2-3,8H,4-7,9H2,1H3,(H2,18,19,21). The lowest BCUT2D eigenvalue weighted by Gasteiger charge is -2.37. The number of esters is 1. The van der Waals surface area contributed by atoms with Gasteiger partial charge >= 0.3 is 12.0 Å². The third-order valence-corrected chi connectivity index (χ3v) is 6.27. The van der Waals surface area contributed by atoms with Crippen LogP contribution in [0.4, 0.5) is 10.5 Å². The first-order chi connectivity index (χ1) is 11.6. The van der Waals surface area contributed by atoms with Crippen LogP contribution in [0, 0.1) is 0 Å². The molecule has 1 aromatic carbocycles. The molecule has 0 aliphatic carbocycles. The predicted molar refractivity (Wildman–Crippen MR) is 95.9 cm³/mol. The number of nitrogens with one attached hydrogen (secondary N) is 2. The van der Waals surface area contributed by atoms with E-state index in [1.165, 1.54) is 19.2 Å². The molecule has 7 nitrogen and oxygen atoms in total. The number of ether oxygens (including phenoxy) is 1. The Morgan fingerprint density at radius 2 is 1.88 bits per heavy atom. The Hall–Kier alpha value is -1.51. The van der Waals surface area contributed by atoms with Crippen molar-refractivity contribution in [3.8, 4) is 0 Å². The van der Waals surface area contributed by atoms with E-state index in [1.807, 2.05) is 0 Å². The van der Waals surface area contributed by atoms with Gasteiger partial charge in [-0.15, -0.1) is 0 Å². The van der Waals surface area contributed by atoms with Gasteiger partial charge in [0, 0.05) is 5.02 Å². The molecule has 0 radical (unpaired) electrons. The van der Waals surface area contributed by atoms with Gasteiger partial charge in [-0.3, -0.25) is 4.79 Å². The quantitative estimate of drug-likeness (QED) is 0.745. The Balaban J connectivity index is 2.14. The second-order valence-corrected chi connectivity index (χ2v) is 9.04. The Morgan fingerprint density at radius 3 is 2.48 bits per heavy atom. The molecule has 25 heavy (non-hydrogen) atoms. The van der Waals surface area contributed by atoms with Gasteiger partial charge in [0.25, 0.3) is 0 Å². The molecule has 0 aromatic heterocycles. The van der Waals surface area contributed by atoms with Crippen LogP contribution in [0.15, 0.2) is 18.2 Å². The van der Waals surface area contributed by atoms with Crippen LogP contribution < -0.4 is 10.6 Å². The molecule has 0 atom stereocenters. The Bertz CT molecular complexity index is 768. The van der Waals surface area contributed by atoms with E-state index in [4.69, 9.17) is 23.2 Å². The summed E-state index contributed by atoms with van der Waals surface area (Å²) in [4.78, 5) is 24.1. The van der Waals surface area contributed by atoms with Crippen molar-refractivity contribution in [3.05, 3.63) is 28.2 Å². The van der Waals surface area contributed by atoms with Gasteiger partial charge in [-0.1, -0.05) is 23.2 Å². The summed E-state index contributed by atoms with van der Waals surface area (Å²) in [5.41, 5.74) is -0.684. The van der Waals surface area contributed by atoms with Crippen molar-refractivity contribution < 1.29 is 22.7 Å². The smallest absolute Gasteiger partial charge is 0.319 e. The monoisotopic (exact) mass is 408 g/mol. The third-order valence-electron chi connectivity index (χ3n) is 4.05. The van der Waals surface area contributed by atoms with Crippen LogP contribution in [0.2, 0.25) is 10.0 Å². The maximum Gasteiger partial charge on any atom is 0.319 e. The summed E-state index contributed by atoms with van der Waals surface area (Å²) >= 11 is 11.9. The largest absolute Gasteiger partial charge is 0.469 e. The molecule has 1 aliphatic heterocycles. The number of methoxy groups -OCH3 is 1. The average Bonchev–Trinajstić information content (AvgIpc) is 2.54. The number of hydrogen-bond acceptors (Lipinski definition) is 5. The molecule has 1 aliphatic rings. The number of rotatable bonds is 4. The summed E-state index contributed by atoms with van der Waals surface area (Å²) in [6, 6.07) is 4.00. The summed E-state index contributed by atoms with van der Waals surface area (Å²) in [6.45, 7) is 0. The fraction of sp³-hybridized carbons (Fsp3) is 0.467. The first-order valence-corrected chi connectivity index (χ1v) is 10.0. The molecule has 0 saturated carbocycles. The highest BCUT2D eigenvalue weighted by molar-refractivity contribution is 7.91. The number of sulfone groups is 1. The van der Waals surface area contributed by atoms with Crippen LogP contribution in [0.5, 0.6) is 0 Å². The molecule has 1 saturated heterocycles. The number of amides is 2. The molecule has 0 unspecified atom stereocenters. The summed E-state index contributed by atoms with van der Waals surface area (Å²) in [7, 11) is -1.93. The second kappa shape index (κ2) is 7.80. The Morgan fingerprint density at radius 1 is 1.24 bits per heavy atom. The van der Waals surface area contributed by atoms with Gasteiger partial charge in [-0.2, -0.15) is 0 Å². The van der Waals surface area contributed by atoms with Crippen molar-refractivity contribution in [2.45, 2.75) is 24.8 Å². The number of benzene rings is 1. The minimum absolute atomic E-state index is 0.109. The lowest BCUT2D eigenvalue weighted by molar-refractivity contribution is -0.142. The zero-order valence-electron chi connectivity index (χ0n) is 13.5. The summed E-state index contributed by atoms with van der Waals surface area (Å²) in [6.07, 6.45) is 0.137. The highest BCUT2D eigenvalue weighted by Crippen LogP contribution is 2.29. The lowest BCUT2D eigenvalue weighted by Crippen LogP contribution is -2.55. The first kappa shape index (κ1) is 19.8. The highest BCUT2D eigenvalue weighted by atomic mass is 35.5. The Kier molecular flexibility index (Phi) is 6.18. The molecule has 1 aromatic rings. The van der Waals surface area contributed by atoms with E-state index in [2.05, 4.69) is 15.4 Å². The van der Waals surface area contributed by atoms with Gasteiger partial charge in [0.05, 0.1) is 41.3 Å². The molecule has 0 spiro atoms. The van der Waals surface area contributed by atoms with E-state index in [9.17, 15) is 18.0 Å². The molecule has 2 N–H and O–H groups in total. The number of hydrogen-bond donors (Lipinski definition) is 2. The fourth-order valence-electron chi connectivity index (χ4n) is 2.61. The molecule has 10 heteroatoms. The molecule has 0 bridgehead atoms.